The summed E-state index contributed by atoms with van der Waals surface area (Å²) in [7, 11) is 0. The normalized spacial score (nSPS) is 20.6. The van der Waals surface area contributed by atoms with Gasteiger partial charge in [-0.2, -0.15) is 14.6 Å². The fourth-order valence-electron chi connectivity index (χ4n) is 2.58. The minimum Gasteiger partial charge on any atom is -0.353 e. The average molecular weight is 310 g/mol. The Hall–Kier alpha value is -1.17. The first kappa shape index (κ1) is 11.9. The van der Waals surface area contributed by atoms with E-state index in [0.29, 0.717) is 11.8 Å². The lowest BCUT2D eigenvalue weighted by molar-refractivity contribution is 0.484. The lowest BCUT2D eigenvalue weighted by Gasteiger charge is -2.36. The largest absolute Gasteiger partial charge is 0.353 e. The molecule has 1 atom stereocenters. The van der Waals surface area contributed by atoms with Crippen molar-refractivity contribution in [3.8, 4) is 0 Å². The van der Waals surface area contributed by atoms with Gasteiger partial charge in [0.25, 0.3) is 5.78 Å². The molecule has 1 saturated heterocycles. The summed E-state index contributed by atoms with van der Waals surface area (Å²) in [6, 6.07) is 2.64. The van der Waals surface area contributed by atoms with Gasteiger partial charge in [0.05, 0.1) is 0 Å². The highest BCUT2D eigenvalue weighted by atomic mass is 79.9. The van der Waals surface area contributed by atoms with Crippen molar-refractivity contribution in [2.75, 3.05) is 16.8 Å². The van der Waals surface area contributed by atoms with Crippen LogP contribution in [0.2, 0.25) is 0 Å². The van der Waals surface area contributed by atoms with Crippen molar-refractivity contribution < 1.29 is 0 Å². The van der Waals surface area contributed by atoms with E-state index in [2.05, 4.69) is 42.0 Å². The fourth-order valence-corrected chi connectivity index (χ4v) is 3.25. The van der Waals surface area contributed by atoms with E-state index >= 15 is 0 Å². The fraction of sp³-hybridized carbons (Fsp3) is 0.583. The first-order valence-electron chi connectivity index (χ1n) is 6.29. The molecule has 5 nitrogen and oxygen atoms in total. The predicted octanol–water partition coefficient (Wildman–Crippen LogP) is 2.19. The number of alkyl halides is 1. The molecule has 1 aliphatic rings. The molecule has 1 fully saturated rings. The molecule has 0 N–H and O–H groups in total. The Kier molecular flexibility index (Phi) is 3.20. The predicted molar refractivity (Wildman–Crippen MR) is 74.3 cm³/mol. The van der Waals surface area contributed by atoms with Crippen molar-refractivity contribution in [2.24, 2.45) is 0 Å². The van der Waals surface area contributed by atoms with Crippen LogP contribution in [0.3, 0.4) is 0 Å². The standard InChI is InChI=1S/C12H16BrN5/c1-9-6-11(18-12(16-9)14-8-15-18)17-5-3-2-4-10(17)7-13/h6,8,10H,2-5,7H2,1H3. The number of anilines is 1. The second-order valence-corrected chi connectivity index (χ2v) is 5.37. The molecule has 2 aromatic rings. The third-order valence-electron chi connectivity index (χ3n) is 3.46. The molecule has 0 aliphatic carbocycles. The van der Waals surface area contributed by atoms with Gasteiger partial charge in [-0.3, -0.25) is 0 Å². The quantitative estimate of drug-likeness (QED) is 0.798. The highest BCUT2D eigenvalue weighted by Crippen LogP contribution is 2.26. The maximum atomic E-state index is 4.39. The van der Waals surface area contributed by atoms with Crippen LogP contribution in [-0.4, -0.2) is 37.5 Å². The summed E-state index contributed by atoms with van der Waals surface area (Å²) in [5.41, 5.74) is 0.990. The molecule has 1 aliphatic heterocycles. The number of fused-ring (bicyclic) bond motifs is 1. The van der Waals surface area contributed by atoms with Gasteiger partial charge in [-0.15, -0.1) is 0 Å². The third-order valence-corrected chi connectivity index (χ3v) is 4.21. The first-order chi connectivity index (χ1) is 8.79. The Labute approximate surface area is 114 Å². The number of nitrogens with zero attached hydrogens (tertiary/aromatic N) is 5. The van der Waals surface area contributed by atoms with E-state index in [1.165, 1.54) is 19.3 Å². The van der Waals surface area contributed by atoms with E-state index in [-0.39, 0.29) is 0 Å². The SMILES string of the molecule is Cc1cc(N2CCCCC2CBr)n2ncnc2n1. The van der Waals surface area contributed by atoms with E-state index in [0.717, 1.165) is 23.4 Å². The molecule has 3 heterocycles. The van der Waals surface area contributed by atoms with Crippen molar-refractivity contribution in [2.45, 2.75) is 32.2 Å². The highest BCUT2D eigenvalue weighted by Gasteiger charge is 2.24. The zero-order chi connectivity index (χ0) is 12.5. The van der Waals surface area contributed by atoms with E-state index in [4.69, 9.17) is 0 Å². The summed E-state index contributed by atoms with van der Waals surface area (Å²) in [6.07, 6.45) is 5.33. The van der Waals surface area contributed by atoms with Crippen molar-refractivity contribution in [1.29, 1.82) is 0 Å². The van der Waals surface area contributed by atoms with Crippen molar-refractivity contribution in [3.05, 3.63) is 18.1 Å². The average Bonchev–Trinajstić information content (AvgIpc) is 2.85. The van der Waals surface area contributed by atoms with Crippen LogP contribution in [0.15, 0.2) is 12.4 Å². The number of piperidine rings is 1. The highest BCUT2D eigenvalue weighted by molar-refractivity contribution is 9.09. The Morgan fingerprint density at radius 3 is 3.17 bits per heavy atom. The zero-order valence-electron chi connectivity index (χ0n) is 10.4. The maximum Gasteiger partial charge on any atom is 0.254 e. The number of hydrogen-bond donors (Lipinski definition) is 0. The lowest BCUT2D eigenvalue weighted by Crippen LogP contribution is -2.41. The Morgan fingerprint density at radius 1 is 1.44 bits per heavy atom. The number of halogens is 1. The van der Waals surface area contributed by atoms with Crippen LogP contribution in [0, 0.1) is 6.92 Å². The van der Waals surface area contributed by atoms with Crippen LogP contribution in [0.4, 0.5) is 5.82 Å². The Morgan fingerprint density at radius 2 is 2.33 bits per heavy atom. The lowest BCUT2D eigenvalue weighted by atomic mass is 10.0. The van der Waals surface area contributed by atoms with Gasteiger partial charge in [0.1, 0.15) is 12.1 Å². The minimum atomic E-state index is 0.535. The molecule has 96 valence electrons. The van der Waals surface area contributed by atoms with Crippen LogP contribution in [-0.2, 0) is 0 Å². The van der Waals surface area contributed by atoms with Gasteiger partial charge in [-0.05, 0) is 26.2 Å². The number of aryl methyl sites for hydroxylation is 1. The first-order valence-corrected chi connectivity index (χ1v) is 7.42. The molecule has 2 aromatic heterocycles. The van der Waals surface area contributed by atoms with Crippen molar-refractivity contribution in [3.63, 3.8) is 0 Å². The smallest absolute Gasteiger partial charge is 0.254 e. The van der Waals surface area contributed by atoms with Gasteiger partial charge >= 0.3 is 0 Å². The summed E-state index contributed by atoms with van der Waals surface area (Å²) >= 11 is 3.62. The molecule has 1 unspecified atom stereocenters. The van der Waals surface area contributed by atoms with Gasteiger partial charge in [0, 0.05) is 29.7 Å². The van der Waals surface area contributed by atoms with Gasteiger partial charge < -0.3 is 4.90 Å². The van der Waals surface area contributed by atoms with Crippen LogP contribution in [0.5, 0.6) is 0 Å². The van der Waals surface area contributed by atoms with Crippen LogP contribution in [0.25, 0.3) is 5.78 Å². The molecule has 18 heavy (non-hydrogen) atoms. The van der Waals surface area contributed by atoms with Gasteiger partial charge in [0.15, 0.2) is 0 Å². The molecule has 0 amide bonds. The van der Waals surface area contributed by atoms with Crippen LogP contribution >= 0.6 is 15.9 Å². The number of aromatic nitrogens is 4. The third kappa shape index (κ3) is 1.98. The number of hydrogen-bond acceptors (Lipinski definition) is 4. The monoisotopic (exact) mass is 309 g/mol. The van der Waals surface area contributed by atoms with E-state index in [9.17, 15) is 0 Å². The summed E-state index contributed by atoms with van der Waals surface area (Å²) in [4.78, 5) is 11.0. The molecule has 0 spiro atoms. The molecule has 0 radical (unpaired) electrons. The summed E-state index contributed by atoms with van der Waals surface area (Å²) in [5, 5.41) is 5.28. The van der Waals surface area contributed by atoms with E-state index in [1.807, 2.05) is 11.4 Å². The van der Waals surface area contributed by atoms with Crippen LogP contribution in [0.1, 0.15) is 25.0 Å². The second kappa shape index (κ2) is 4.84. The van der Waals surface area contributed by atoms with Gasteiger partial charge in [-0.25, -0.2) is 4.98 Å². The van der Waals surface area contributed by atoms with E-state index in [1.54, 1.807) is 6.33 Å². The van der Waals surface area contributed by atoms with Crippen molar-refractivity contribution in [1.82, 2.24) is 19.6 Å². The maximum absolute atomic E-state index is 4.39. The Bertz CT molecular complexity index is 552. The molecular weight excluding hydrogens is 294 g/mol. The molecule has 0 bridgehead atoms. The molecule has 0 aromatic carbocycles. The number of rotatable bonds is 2. The molecular formula is C12H16BrN5. The van der Waals surface area contributed by atoms with Gasteiger partial charge in [0.2, 0.25) is 0 Å². The van der Waals surface area contributed by atoms with Crippen molar-refractivity contribution >= 4 is 27.5 Å². The Balaban J connectivity index is 2.08. The van der Waals surface area contributed by atoms with Crippen LogP contribution < -0.4 is 4.90 Å². The molecule has 0 saturated carbocycles. The molecule has 6 heteroatoms. The minimum absolute atomic E-state index is 0.535. The summed E-state index contributed by atoms with van der Waals surface area (Å²) in [5.74, 6) is 1.79. The summed E-state index contributed by atoms with van der Waals surface area (Å²) < 4.78 is 1.84. The second-order valence-electron chi connectivity index (χ2n) is 4.72. The molecule has 3 rings (SSSR count). The van der Waals surface area contributed by atoms with E-state index < -0.39 is 0 Å². The summed E-state index contributed by atoms with van der Waals surface area (Å²) in [6.45, 7) is 3.08. The zero-order valence-corrected chi connectivity index (χ0v) is 12.0. The topological polar surface area (TPSA) is 46.3 Å². The van der Waals surface area contributed by atoms with Gasteiger partial charge in [-0.1, -0.05) is 15.9 Å².